The molecule has 0 bridgehead atoms. The molecule has 1 fully saturated rings. The number of ether oxygens (including phenoxy) is 1. The van der Waals surface area contributed by atoms with Crippen LogP contribution in [0.1, 0.15) is 61.6 Å². The number of benzene rings is 2. The minimum Gasteiger partial charge on any atom is -0.496 e. The Morgan fingerprint density at radius 3 is 2.66 bits per heavy atom. The molecule has 1 amide bonds. The van der Waals surface area contributed by atoms with E-state index < -0.39 is 0 Å². The molecule has 0 saturated heterocycles. The first-order valence-corrected chi connectivity index (χ1v) is 14.6. The van der Waals surface area contributed by atoms with Gasteiger partial charge in [0.1, 0.15) is 11.6 Å². The second kappa shape index (κ2) is 12.0. The van der Waals surface area contributed by atoms with E-state index in [1.807, 2.05) is 53.1 Å². The summed E-state index contributed by atoms with van der Waals surface area (Å²) in [7, 11) is 1.69. The van der Waals surface area contributed by atoms with Gasteiger partial charge in [0, 0.05) is 43.3 Å². The Labute approximate surface area is 241 Å². The highest BCUT2D eigenvalue weighted by atomic mass is 16.5. The number of aromatic nitrogens is 4. The minimum absolute atomic E-state index is 0.0552. The lowest BCUT2D eigenvalue weighted by Gasteiger charge is -2.38. The maximum absolute atomic E-state index is 14.0. The van der Waals surface area contributed by atoms with E-state index in [-0.39, 0.29) is 11.9 Å². The van der Waals surface area contributed by atoms with Gasteiger partial charge in [-0.3, -0.25) is 4.79 Å². The molecule has 1 unspecified atom stereocenters. The molecule has 4 aromatic rings. The van der Waals surface area contributed by atoms with Crippen LogP contribution < -0.4 is 4.74 Å². The van der Waals surface area contributed by atoms with E-state index in [2.05, 4.69) is 25.5 Å². The quantitative estimate of drug-likeness (QED) is 0.237. The zero-order valence-corrected chi connectivity index (χ0v) is 23.6. The van der Waals surface area contributed by atoms with Gasteiger partial charge in [0.15, 0.2) is 5.69 Å². The average molecular weight is 549 g/mol. The number of hydrogen-bond donors (Lipinski definition) is 0. The van der Waals surface area contributed by atoms with Crippen LogP contribution in [0.4, 0.5) is 5.69 Å². The first-order valence-electron chi connectivity index (χ1n) is 14.6. The summed E-state index contributed by atoms with van der Waals surface area (Å²) in [4.78, 5) is 29.1. The number of rotatable bonds is 8. The Kier molecular flexibility index (Phi) is 7.86. The Morgan fingerprint density at radius 1 is 1.07 bits per heavy atom. The maximum atomic E-state index is 14.0. The Morgan fingerprint density at radius 2 is 1.88 bits per heavy atom. The van der Waals surface area contributed by atoms with E-state index in [0.29, 0.717) is 31.1 Å². The van der Waals surface area contributed by atoms with Gasteiger partial charge in [-0.05, 0) is 30.0 Å². The highest BCUT2D eigenvalue weighted by Gasteiger charge is 2.35. The molecule has 1 saturated carbocycles. The number of carbonyl (C=O) groups excluding carboxylic acids is 1. The van der Waals surface area contributed by atoms with Gasteiger partial charge in [0.25, 0.3) is 0 Å². The Hall–Kier alpha value is -4.38. The van der Waals surface area contributed by atoms with Crippen LogP contribution in [0.15, 0.2) is 67.3 Å². The summed E-state index contributed by atoms with van der Waals surface area (Å²) in [6.07, 6.45) is 13.2. The largest absolute Gasteiger partial charge is 0.496 e. The topological polar surface area (TPSA) is 69.5 Å². The molecule has 1 aliphatic heterocycles. The predicted molar refractivity (Wildman–Crippen MR) is 158 cm³/mol. The lowest BCUT2D eigenvalue weighted by molar-refractivity contribution is -0.134. The van der Waals surface area contributed by atoms with E-state index in [1.54, 1.807) is 19.6 Å². The Bertz CT molecular complexity index is 1540. The van der Waals surface area contributed by atoms with Crippen LogP contribution in [0, 0.1) is 12.5 Å². The van der Waals surface area contributed by atoms with Crippen molar-refractivity contribution in [2.24, 2.45) is 5.92 Å². The fourth-order valence-corrected chi connectivity index (χ4v) is 6.41. The number of hydrogen-bond acceptors (Lipinski definition) is 4. The second-order valence-corrected chi connectivity index (χ2v) is 11.2. The van der Waals surface area contributed by atoms with Crippen molar-refractivity contribution in [3.63, 3.8) is 0 Å². The molecule has 41 heavy (non-hydrogen) atoms. The summed E-state index contributed by atoms with van der Waals surface area (Å²) in [5.41, 5.74) is 4.45. The molecule has 8 heteroatoms. The second-order valence-electron chi connectivity index (χ2n) is 11.2. The average Bonchev–Trinajstić information content (AvgIpc) is 3.65. The monoisotopic (exact) mass is 548 g/mol. The van der Waals surface area contributed by atoms with Crippen LogP contribution in [0.2, 0.25) is 0 Å². The number of methoxy groups -OCH3 is 1. The first kappa shape index (κ1) is 26.8. The zero-order valence-electron chi connectivity index (χ0n) is 23.6. The van der Waals surface area contributed by atoms with Gasteiger partial charge < -0.3 is 18.8 Å². The summed E-state index contributed by atoms with van der Waals surface area (Å²) >= 11 is 0. The van der Waals surface area contributed by atoms with Crippen LogP contribution in [-0.2, 0) is 24.3 Å². The summed E-state index contributed by atoms with van der Waals surface area (Å²) in [6, 6.07) is 15.5. The minimum atomic E-state index is -0.0552. The normalized spacial score (nSPS) is 17.2. The third-order valence-corrected chi connectivity index (χ3v) is 8.60. The van der Waals surface area contributed by atoms with Crippen LogP contribution in [-0.4, -0.2) is 43.6 Å². The molecular weight excluding hydrogens is 512 g/mol. The third kappa shape index (κ3) is 5.76. The van der Waals surface area contributed by atoms with E-state index in [0.717, 1.165) is 47.1 Å². The lowest BCUT2D eigenvalue weighted by Crippen LogP contribution is -2.44. The molecule has 2 aliphatic rings. The number of imidazole rings is 2. The highest BCUT2D eigenvalue weighted by molar-refractivity contribution is 5.79. The standard InChI is InChI=1S/C33H36N6O2/c1-34-26-14-12-25(13-15-26)21-38-23-35-20-27(38)19-32(40)39-17-16-37-22-29(28-10-6-7-11-31(28)41-2)36-33(37)30(39)18-24-8-4-3-5-9-24/h6-7,10-15,20,22-24,30H,3-5,8-9,16-19,21H2,2H3. The van der Waals surface area contributed by atoms with Crippen molar-refractivity contribution >= 4 is 11.6 Å². The van der Waals surface area contributed by atoms with Gasteiger partial charge in [0.05, 0.1) is 38.2 Å². The molecule has 2 aromatic heterocycles. The predicted octanol–water partition coefficient (Wildman–Crippen LogP) is 6.45. The van der Waals surface area contributed by atoms with Crippen LogP contribution in [0.3, 0.4) is 0 Å². The lowest BCUT2D eigenvalue weighted by atomic mass is 9.84. The van der Waals surface area contributed by atoms with Crippen molar-refractivity contribution in [2.75, 3.05) is 13.7 Å². The molecule has 2 aromatic carbocycles. The van der Waals surface area contributed by atoms with Gasteiger partial charge in [-0.2, -0.15) is 0 Å². The smallest absolute Gasteiger partial charge is 0.229 e. The maximum Gasteiger partial charge on any atom is 0.229 e. The zero-order chi connectivity index (χ0) is 28.2. The van der Waals surface area contributed by atoms with Crippen molar-refractivity contribution in [3.05, 3.63) is 95.8 Å². The third-order valence-electron chi connectivity index (χ3n) is 8.60. The van der Waals surface area contributed by atoms with Crippen LogP contribution in [0.25, 0.3) is 16.1 Å². The molecule has 6 rings (SSSR count). The summed E-state index contributed by atoms with van der Waals surface area (Å²) in [5, 5.41) is 0. The fourth-order valence-electron chi connectivity index (χ4n) is 6.41. The van der Waals surface area contributed by atoms with Crippen molar-refractivity contribution in [1.82, 2.24) is 24.0 Å². The number of carbonyl (C=O) groups is 1. The molecule has 0 radical (unpaired) electrons. The number of nitrogens with zero attached hydrogens (tertiary/aromatic N) is 6. The molecular formula is C33H36N6O2. The summed E-state index contributed by atoms with van der Waals surface area (Å²) < 4.78 is 9.91. The summed E-state index contributed by atoms with van der Waals surface area (Å²) in [6.45, 7) is 9.17. The van der Waals surface area contributed by atoms with Crippen LogP contribution >= 0.6 is 0 Å². The van der Waals surface area contributed by atoms with Crippen LogP contribution in [0.5, 0.6) is 5.75 Å². The molecule has 0 spiro atoms. The van der Waals surface area contributed by atoms with Crippen molar-refractivity contribution in [3.8, 4) is 17.0 Å². The van der Waals surface area contributed by atoms with E-state index in [4.69, 9.17) is 16.3 Å². The van der Waals surface area contributed by atoms with Gasteiger partial charge in [-0.25, -0.2) is 14.8 Å². The van der Waals surface area contributed by atoms with Gasteiger partial charge in [-0.15, -0.1) is 0 Å². The van der Waals surface area contributed by atoms with Gasteiger partial charge >= 0.3 is 0 Å². The van der Waals surface area contributed by atoms with E-state index in [9.17, 15) is 4.79 Å². The van der Waals surface area contributed by atoms with E-state index in [1.165, 1.54) is 32.1 Å². The number of para-hydroxylation sites is 1. The number of amides is 1. The SMILES string of the molecule is [C-]#[N+]c1ccc(Cn2cncc2CC(=O)N2CCn3cc(-c4ccccc4OC)nc3C2CC2CCCCC2)cc1. The Balaban J connectivity index is 1.26. The van der Waals surface area contributed by atoms with Crippen molar-refractivity contribution < 1.29 is 9.53 Å². The summed E-state index contributed by atoms with van der Waals surface area (Å²) in [5.74, 6) is 2.50. The molecule has 210 valence electrons. The first-order chi connectivity index (χ1) is 20.1. The van der Waals surface area contributed by atoms with Gasteiger partial charge in [-0.1, -0.05) is 68.5 Å². The van der Waals surface area contributed by atoms with Gasteiger partial charge in [0.2, 0.25) is 5.91 Å². The fraction of sp³-hybridized carbons (Fsp3) is 0.394. The number of fused-ring (bicyclic) bond motifs is 1. The molecule has 0 N–H and O–H groups in total. The molecule has 1 atom stereocenters. The highest BCUT2D eigenvalue weighted by Crippen LogP contribution is 2.39. The molecule has 1 aliphatic carbocycles. The van der Waals surface area contributed by atoms with E-state index >= 15 is 0 Å². The van der Waals surface area contributed by atoms with Crippen molar-refractivity contribution in [1.29, 1.82) is 0 Å². The molecule has 8 nitrogen and oxygen atoms in total. The molecule has 3 heterocycles. The van der Waals surface area contributed by atoms with Crippen molar-refractivity contribution in [2.45, 2.75) is 64.1 Å².